The first kappa shape index (κ1) is 29.3. The van der Waals surface area contributed by atoms with E-state index >= 15 is 0 Å². The summed E-state index contributed by atoms with van der Waals surface area (Å²) < 4.78 is 2.35. The molecule has 3 heterocycles. The van der Waals surface area contributed by atoms with Gasteiger partial charge in [-0.15, -0.1) is 11.3 Å². The SMILES string of the molecule is CCC(CC)n1c(Cc2cccs2)nc2cc(C(=O)NC(CC(C)C)C(=O)NCCC3CCCN3C)ccc21. The van der Waals surface area contributed by atoms with Crippen LogP contribution in [0.2, 0.25) is 0 Å². The van der Waals surface area contributed by atoms with Gasteiger partial charge >= 0.3 is 0 Å². The third-order valence-electron chi connectivity index (χ3n) is 8.02. The number of benzene rings is 1. The van der Waals surface area contributed by atoms with Crippen molar-refractivity contribution in [1.82, 2.24) is 25.1 Å². The Kier molecular flexibility index (Phi) is 10.2. The van der Waals surface area contributed by atoms with Crippen LogP contribution in [-0.2, 0) is 11.2 Å². The summed E-state index contributed by atoms with van der Waals surface area (Å²) in [5.41, 5.74) is 2.42. The molecule has 2 atom stereocenters. The van der Waals surface area contributed by atoms with E-state index in [1.807, 2.05) is 18.2 Å². The highest BCUT2D eigenvalue weighted by Crippen LogP contribution is 2.28. The smallest absolute Gasteiger partial charge is 0.252 e. The van der Waals surface area contributed by atoms with Crippen LogP contribution in [-0.4, -0.2) is 58.5 Å². The van der Waals surface area contributed by atoms with E-state index in [4.69, 9.17) is 4.98 Å². The molecule has 0 bridgehead atoms. The molecular formula is C31H45N5O2S. The Hall–Kier alpha value is -2.71. The zero-order valence-electron chi connectivity index (χ0n) is 24.2. The Bertz CT molecular complexity index is 1230. The average Bonchev–Trinajstić information content (AvgIpc) is 3.65. The minimum Gasteiger partial charge on any atom is -0.354 e. The predicted octanol–water partition coefficient (Wildman–Crippen LogP) is 5.79. The Labute approximate surface area is 237 Å². The number of thiophene rings is 1. The van der Waals surface area contributed by atoms with E-state index in [1.165, 1.54) is 17.7 Å². The number of rotatable bonds is 13. The van der Waals surface area contributed by atoms with Crippen molar-refractivity contribution in [1.29, 1.82) is 0 Å². The topological polar surface area (TPSA) is 79.3 Å². The number of amides is 2. The van der Waals surface area contributed by atoms with Gasteiger partial charge in [-0.05, 0) is 87.7 Å². The highest BCUT2D eigenvalue weighted by molar-refractivity contribution is 7.09. The third kappa shape index (κ3) is 7.28. The summed E-state index contributed by atoms with van der Waals surface area (Å²) in [4.78, 5) is 35.1. The second-order valence-electron chi connectivity index (χ2n) is 11.3. The van der Waals surface area contributed by atoms with Crippen LogP contribution in [0, 0.1) is 5.92 Å². The lowest BCUT2D eigenvalue weighted by molar-refractivity contribution is -0.123. The number of carbonyl (C=O) groups excluding carboxylic acids is 2. The highest BCUT2D eigenvalue weighted by atomic mass is 32.1. The first-order valence-electron chi connectivity index (χ1n) is 14.6. The molecule has 0 spiro atoms. The fraction of sp³-hybridized carbons (Fsp3) is 0.581. The molecule has 1 saturated heterocycles. The van der Waals surface area contributed by atoms with E-state index in [1.54, 1.807) is 11.3 Å². The van der Waals surface area contributed by atoms with E-state index in [2.05, 4.69) is 72.4 Å². The largest absolute Gasteiger partial charge is 0.354 e. The van der Waals surface area contributed by atoms with Crippen LogP contribution in [0.25, 0.3) is 11.0 Å². The molecule has 2 aromatic heterocycles. The van der Waals surface area contributed by atoms with Crippen molar-refractivity contribution in [2.45, 2.75) is 90.8 Å². The average molecular weight is 552 g/mol. The first-order valence-corrected chi connectivity index (χ1v) is 15.5. The van der Waals surface area contributed by atoms with Gasteiger partial charge in [0.05, 0.1) is 11.0 Å². The Balaban J connectivity index is 1.50. The maximum Gasteiger partial charge on any atom is 0.252 e. The summed E-state index contributed by atoms with van der Waals surface area (Å²) >= 11 is 1.74. The van der Waals surface area contributed by atoms with Gasteiger partial charge in [-0.2, -0.15) is 0 Å². The van der Waals surface area contributed by atoms with Gasteiger partial charge in [0, 0.05) is 35.5 Å². The summed E-state index contributed by atoms with van der Waals surface area (Å²) in [5, 5.41) is 8.21. The lowest BCUT2D eigenvalue weighted by Gasteiger charge is -2.22. The van der Waals surface area contributed by atoms with Gasteiger partial charge in [0.2, 0.25) is 5.91 Å². The summed E-state index contributed by atoms with van der Waals surface area (Å²) in [6.45, 7) is 10.3. The van der Waals surface area contributed by atoms with Gasteiger partial charge in [-0.3, -0.25) is 9.59 Å². The van der Waals surface area contributed by atoms with E-state index in [-0.39, 0.29) is 17.7 Å². The van der Waals surface area contributed by atoms with Crippen molar-refractivity contribution >= 4 is 34.2 Å². The second kappa shape index (κ2) is 13.6. The molecule has 1 aliphatic heterocycles. The predicted molar refractivity (Wildman–Crippen MR) is 160 cm³/mol. The Morgan fingerprint density at radius 2 is 1.97 bits per heavy atom. The quantitative estimate of drug-likeness (QED) is 0.282. The molecule has 1 aromatic carbocycles. The number of imidazole rings is 1. The molecule has 7 nitrogen and oxygen atoms in total. The zero-order valence-corrected chi connectivity index (χ0v) is 25.0. The summed E-state index contributed by atoms with van der Waals surface area (Å²) in [6, 6.07) is 10.3. The molecule has 1 fully saturated rings. The van der Waals surface area contributed by atoms with Crippen LogP contribution in [0.3, 0.4) is 0 Å². The molecule has 4 rings (SSSR count). The normalized spacial score (nSPS) is 16.8. The second-order valence-corrected chi connectivity index (χ2v) is 12.4. The van der Waals surface area contributed by atoms with E-state index in [0.717, 1.165) is 49.1 Å². The first-order chi connectivity index (χ1) is 18.8. The fourth-order valence-electron chi connectivity index (χ4n) is 5.82. The van der Waals surface area contributed by atoms with Crippen LogP contribution in [0.1, 0.15) is 93.3 Å². The number of nitrogens with zero attached hydrogens (tertiary/aromatic N) is 3. The van der Waals surface area contributed by atoms with Crippen LogP contribution in [0.5, 0.6) is 0 Å². The van der Waals surface area contributed by atoms with Crippen molar-refractivity contribution in [3.05, 3.63) is 52.0 Å². The van der Waals surface area contributed by atoms with Crippen LogP contribution in [0.4, 0.5) is 0 Å². The van der Waals surface area contributed by atoms with Gasteiger partial charge in [0.15, 0.2) is 0 Å². The molecule has 2 amide bonds. The molecule has 2 N–H and O–H groups in total. The molecule has 8 heteroatoms. The lowest BCUT2D eigenvalue weighted by Crippen LogP contribution is -2.48. The maximum atomic E-state index is 13.4. The highest BCUT2D eigenvalue weighted by Gasteiger charge is 2.25. The van der Waals surface area contributed by atoms with Crippen molar-refractivity contribution in [2.75, 3.05) is 20.1 Å². The minimum absolute atomic E-state index is 0.102. The molecule has 1 aliphatic rings. The Morgan fingerprint density at radius 3 is 2.62 bits per heavy atom. The minimum atomic E-state index is -0.564. The van der Waals surface area contributed by atoms with Crippen LogP contribution >= 0.6 is 11.3 Å². The van der Waals surface area contributed by atoms with Crippen LogP contribution in [0.15, 0.2) is 35.7 Å². The molecule has 2 unspecified atom stereocenters. The van der Waals surface area contributed by atoms with E-state index in [0.29, 0.717) is 30.6 Å². The molecule has 212 valence electrons. The van der Waals surface area contributed by atoms with Crippen molar-refractivity contribution in [3.8, 4) is 0 Å². The van der Waals surface area contributed by atoms with Gasteiger partial charge in [0.1, 0.15) is 11.9 Å². The fourth-order valence-corrected chi connectivity index (χ4v) is 6.52. The number of aromatic nitrogens is 2. The van der Waals surface area contributed by atoms with Gasteiger partial charge in [0.25, 0.3) is 5.91 Å². The van der Waals surface area contributed by atoms with Crippen LogP contribution < -0.4 is 10.6 Å². The molecule has 0 aliphatic carbocycles. The molecule has 3 aromatic rings. The van der Waals surface area contributed by atoms with Crippen molar-refractivity contribution < 1.29 is 9.59 Å². The number of carbonyl (C=O) groups is 2. The van der Waals surface area contributed by atoms with Gasteiger partial charge in [-0.1, -0.05) is 33.8 Å². The third-order valence-corrected chi connectivity index (χ3v) is 8.90. The summed E-state index contributed by atoms with van der Waals surface area (Å²) in [7, 11) is 2.15. The monoisotopic (exact) mass is 551 g/mol. The van der Waals surface area contributed by atoms with Crippen molar-refractivity contribution in [3.63, 3.8) is 0 Å². The zero-order chi connectivity index (χ0) is 27.9. The number of hydrogen-bond acceptors (Lipinski definition) is 5. The molecule has 0 saturated carbocycles. The summed E-state index contributed by atoms with van der Waals surface area (Å²) in [6.07, 6.45) is 6.75. The number of fused-ring (bicyclic) bond motifs is 1. The van der Waals surface area contributed by atoms with Gasteiger partial charge in [-0.25, -0.2) is 4.98 Å². The van der Waals surface area contributed by atoms with Crippen molar-refractivity contribution in [2.24, 2.45) is 5.92 Å². The maximum absolute atomic E-state index is 13.4. The van der Waals surface area contributed by atoms with E-state index in [9.17, 15) is 9.59 Å². The number of hydrogen-bond donors (Lipinski definition) is 2. The lowest BCUT2D eigenvalue weighted by atomic mass is 10.0. The summed E-state index contributed by atoms with van der Waals surface area (Å²) in [5.74, 6) is 0.976. The van der Waals surface area contributed by atoms with Gasteiger partial charge < -0.3 is 20.1 Å². The molecule has 39 heavy (non-hydrogen) atoms. The Morgan fingerprint density at radius 1 is 1.18 bits per heavy atom. The standard InChI is InChI=1S/C31H45N5O2S/c1-6-23(7-2)36-28-13-12-22(19-26(28)33-29(36)20-25-11-9-17-39-25)30(37)34-27(18-21(3)4)31(38)32-15-14-24-10-8-16-35(24)5/h9,11-13,17,19,21,23-24,27H,6-8,10,14-16,18,20H2,1-5H3,(H,32,38)(H,34,37). The number of likely N-dealkylation sites (tertiary alicyclic amines) is 1. The van der Waals surface area contributed by atoms with E-state index < -0.39 is 6.04 Å². The molecular weight excluding hydrogens is 506 g/mol. The number of nitrogens with one attached hydrogen (secondary N) is 2. The molecule has 0 radical (unpaired) electrons.